The first-order valence-corrected chi connectivity index (χ1v) is 10.0. The van der Waals surface area contributed by atoms with Crippen LogP contribution in [0.5, 0.6) is 11.5 Å². The smallest absolute Gasteiger partial charge is 0.161 e. The van der Waals surface area contributed by atoms with E-state index in [0.29, 0.717) is 12.0 Å². The first-order chi connectivity index (χ1) is 13.2. The number of pyridine rings is 1. The Kier molecular flexibility index (Phi) is 7.11. The van der Waals surface area contributed by atoms with Crippen LogP contribution in [0.3, 0.4) is 0 Å². The maximum atomic E-state index is 6.28. The zero-order valence-corrected chi connectivity index (χ0v) is 16.7. The zero-order chi connectivity index (χ0) is 19.1. The fourth-order valence-electron chi connectivity index (χ4n) is 3.49. The SMILES string of the molecule is COc1ccc(C(Cc2ccncc2)OCC(C)C)cc1OC1CCCC1. The van der Waals surface area contributed by atoms with Gasteiger partial charge in [-0.25, -0.2) is 0 Å². The van der Waals surface area contributed by atoms with Crippen molar-refractivity contribution in [2.24, 2.45) is 5.92 Å². The third-order valence-corrected chi connectivity index (χ3v) is 4.96. The standard InChI is InChI=1S/C23H31NO3/c1-17(2)16-26-22(14-18-10-12-24-13-11-18)19-8-9-21(25-3)23(15-19)27-20-6-4-5-7-20/h8-13,15,17,20,22H,4-7,14,16H2,1-3H3. The average molecular weight is 370 g/mol. The second-order valence-corrected chi connectivity index (χ2v) is 7.71. The Morgan fingerprint density at radius 3 is 2.44 bits per heavy atom. The normalized spacial score (nSPS) is 15.9. The topological polar surface area (TPSA) is 40.6 Å². The predicted molar refractivity (Wildman–Crippen MR) is 107 cm³/mol. The van der Waals surface area contributed by atoms with Crippen LogP contribution in [-0.2, 0) is 11.2 Å². The van der Waals surface area contributed by atoms with Crippen LogP contribution < -0.4 is 9.47 Å². The highest BCUT2D eigenvalue weighted by Crippen LogP contribution is 2.35. The van der Waals surface area contributed by atoms with E-state index in [2.05, 4.69) is 31.0 Å². The molecule has 0 aliphatic heterocycles. The summed E-state index contributed by atoms with van der Waals surface area (Å²) >= 11 is 0. The first-order valence-electron chi connectivity index (χ1n) is 10.0. The van der Waals surface area contributed by atoms with Crippen LogP contribution in [0.2, 0.25) is 0 Å². The Hall–Kier alpha value is -2.07. The molecule has 0 radical (unpaired) electrons. The summed E-state index contributed by atoms with van der Waals surface area (Å²) in [5.41, 5.74) is 2.34. The van der Waals surface area contributed by atoms with Gasteiger partial charge in [0, 0.05) is 25.4 Å². The van der Waals surface area contributed by atoms with E-state index in [9.17, 15) is 0 Å². The fraction of sp³-hybridized carbons (Fsp3) is 0.522. The molecule has 0 amide bonds. The van der Waals surface area contributed by atoms with Gasteiger partial charge in [-0.2, -0.15) is 0 Å². The maximum Gasteiger partial charge on any atom is 0.161 e. The van der Waals surface area contributed by atoms with E-state index < -0.39 is 0 Å². The summed E-state index contributed by atoms with van der Waals surface area (Å²) in [6, 6.07) is 10.3. The summed E-state index contributed by atoms with van der Waals surface area (Å²) in [7, 11) is 1.69. The van der Waals surface area contributed by atoms with Crippen LogP contribution in [0.1, 0.15) is 56.8 Å². The van der Waals surface area contributed by atoms with Gasteiger partial charge >= 0.3 is 0 Å². The largest absolute Gasteiger partial charge is 0.493 e. The number of benzene rings is 1. The van der Waals surface area contributed by atoms with E-state index in [4.69, 9.17) is 14.2 Å². The molecule has 1 unspecified atom stereocenters. The molecule has 1 aromatic heterocycles. The van der Waals surface area contributed by atoms with Gasteiger partial charge in [-0.3, -0.25) is 4.98 Å². The molecule has 1 fully saturated rings. The monoisotopic (exact) mass is 369 g/mol. The molecule has 2 aromatic rings. The molecular weight excluding hydrogens is 338 g/mol. The van der Waals surface area contributed by atoms with Crippen molar-refractivity contribution in [1.82, 2.24) is 4.98 Å². The summed E-state index contributed by atoms with van der Waals surface area (Å²) in [6.07, 6.45) is 9.48. The summed E-state index contributed by atoms with van der Waals surface area (Å²) in [4.78, 5) is 4.12. The molecule has 1 atom stereocenters. The lowest BCUT2D eigenvalue weighted by Gasteiger charge is -2.22. The second kappa shape index (κ2) is 9.75. The fourth-order valence-corrected chi connectivity index (χ4v) is 3.49. The van der Waals surface area contributed by atoms with Crippen molar-refractivity contribution in [3.05, 3.63) is 53.9 Å². The average Bonchev–Trinajstić information content (AvgIpc) is 3.19. The summed E-state index contributed by atoms with van der Waals surface area (Å²) in [5.74, 6) is 2.10. The van der Waals surface area contributed by atoms with Crippen molar-refractivity contribution >= 4 is 0 Å². The number of methoxy groups -OCH3 is 1. The van der Waals surface area contributed by atoms with Crippen molar-refractivity contribution < 1.29 is 14.2 Å². The van der Waals surface area contributed by atoms with Gasteiger partial charge in [-0.1, -0.05) is 19.9 Å². The number of hydrogen-bond acceptors (Lipinski definition) is 4. The Labute approximate surface area is 162 Å². The van der Waals surface area contributed by atoms with Crippen LogP contribution in [-0.4, -0.2) is 24.8 Å². The minimum Gasteiger partial charge on any atom is -0.493 e. The van der Waals surface area contributed by atoms with Gasteiger partial charge in [0.05, 0.1) is 19.3 Å². The number of ether oxygens (including phenoxy) is 3. The Morgan fingerprint density at radius 1 is 1.04 bits per heavy atom. The third kappa shape index (κ3) is 5.70. The molecule has 4 heteroatoms. The number of aromatic nitrogens is 1. The van der Waals surface area contributed by atoms with E-state index in [1.807, 2.05) is 30.6 Å². The van der Waals surface area contributed by atoms with E-state index in [1.165, 1.54) is 18.4 Å². The highest BCUT2D eigenvalue weighted by atomic mass is 16.5. The third-order valence-electron chi connectivity index (χ3n) is 4.96. The van der Waals surface area contributed by atoms with Gasteiger partial charge in [0.2, 0.25) is 0 Å². The molecular formula is C23H31NO3. The molecule has 0 saturated heterocycles. The van der Waals surface area contributed by atoms with E-state index in [-0.39, 0.29) is 6.10 Å². The van der Waals surface area contributed by atoms with Gasteiger partial charge in [0.25, 0.3) is 0 Å². The lowest BCUT2D eigenvalue weighted by Crippen LogP contribution is -2.14. The molecule has 1 heterocycles. The van der Waals surface area contributed by atoms with Crippen molar-refractivity contribution in [3.63, 3.8) is 0 Å². The van der Waals surface area contributed by atoms with Gasteiger partial charge in [-0.05, 0) is 67.0 Å². The summed E-state index contributed by atoms with van der Waals surface area (Å²) in [5, 5.41) is 0. The van der Waals surface area contributed by atoms with Crippen LogP contribution in [0.4, 0.5) is 0 Å². The highest BCUT2D eigenvalue weighted by Gasteiger charge is 2.21. The molecule has 1 aliphatic carbocycles. The molecule has 1 aromatic carbocycles. The number of rotatable bonds is 9. The second-order valence-electron chi connectivity index (χ2n) is 7.71. The lowest BCUT2D eigenvalue weighted by atomic mass is 10.0. The molecule has 146 valence electrons. The first kappa shape index (κ1) is 19.7. The van der Waals surface area contributed by atoms with E-state index >= 15 is 0 Å². The van der Waals surface area contributed by atoms with Crippen LogP contribution in [0, 0.1) is 5.92 Å². The number of hydrogen-bond donors (Lipinski definition) is 0. The highest BCUT2D eigenvalue weighted by molar-refractivity contribution is 5.44. The Balaban J connectivity index is 1.82. The van der Waals surface area contributed by atoms with Crippen LogP contribution in [0.25, 0.3) is 0 Å². The van der Waals surface area contributed by atoms with E-state index in [0.717, 1.165) is 42.9 Å². The van der Waals surface area contributed by atoms with Gasteiger partial charge in [-0.15, -0.1) is 0 Å². The summed E-state index contributed by atoms with van der Waals surface area (Å²) in [6.45, 7) is 5.07. The zero-order valence-electron chi connectivity index (χ0n) is 16.7. The van der Waals surface area contributed by atoms with Crippen molar-refractivity contribution in [2.45, 2.75) is 58.2 Å². The van der Waals surface area contributed by atoms with E-state index in [1.54, 1.807) is 7.11 Å². The van der Waals surface area contributed by atoms with Gasteiger partial charge < -0.3 is 14.2 Å². The Morgan fingerprint density at radius 2 is 1.78 bits per heavy atom. The molecule has 0 N–H and O–H groups in total. The van der Waals surface area contributed by atoms with Crippen LogP contribution >= 0.6 is 0 Å². The Bertz CT molecular complexity index is 696. The summed E-state index contributed by atoms with van der Waals surface area (Å²) < 4.78 is 18.1. The van der Waals surface area contributed by atoms with Crippen LogP contribution in [0.15, 0.2) is 42.7 Å². The molecule has 3 rings (SSSR count). The van der Waals surface area contributed by atoms with Crippen molar-refractivity contribution in [3.8, 4) is 11.5 Å². The minimum atomic E-state index is -0.0216. The molecule has 4 nitrogen and oxygen atoms in total. The molecule has 0 bridgehead atoms. The van der Waals surface area contributed by atoms with Crippen molar-refractivity contribution in [1.29, 1.82) is 0 Å². The minimum absolute atomic E-state index is 0.0216. The molecule has 1 aliphatic rings. The van der Waals surface area contributed by atoms with Crippen molar-refractivity contribution in [2.75, 3.05) is 13.7 Å². The molecule has 0 spiro atoms. The number of nitrogens with zero attached hydrogens (tertiary/aromatic N) is 1. The van der Waals surface area contributed by atoms with Gasteiger partial charge in [0.1, 0.15) is 0 Å². The molecule has 1 saturated carbocycles. The quantitative estimate of drug-likeness (QED) is 0.596. The molecule has 27 heavy (non-hydrogen) atoms. The lowest BCUT2D eigenvalue weighted by molar-refractivity contribution is 0.0349. The van der Waals surface area contributed by atoms with Gasteiger partial charge in [0.15, 0.2) is 11.5 Å². The maximum absolute atomic E-state index is 6.28. The predicted octanol–water partition coefficient (Wildman–Crippen LogP) is 5.37.